The maximum atomic E-state index is 12.4. The third-order valence-corrected chi connectivity index (χ3v) is 4.00. The number of ether oxygens (including phenoxy) is 1. The number of nitrogens with one attached hydrogen (secondary N) is 1. The summed E-state index contributed by atoms with van der Waals surface area (Å²) < 4.78 is 10.7. The SMILES string of the molecule is CCOCCCN=C(NCCc1ccco1)N(C)CC(=O)N(CC)CC.I. The summed E-state index contributed by atoms with van der Waals surface area (Å²) in [6, 6.07) is 3.83. The summed E-state index contributed by atoms with van der Waals surface area (Å²) >= 11 is 0. The normalized spacial score (nSPS) is 11.0. The van der Waals surface area contributed by atoms with Crippen molar-refractivity contribution in [2.75, 3.05) is 53.0 Å². The first-order valence-electron chi connectivity index (χ1n) is 9.49. The van der Waals surface area contributed by atoms with Gasteiger partial charge in [-0.05, 0) is 39.3 Å². The van der Waals surface area contributed by atoms with Crippen molar-refractivity contribution in [2.24, 2.45) is 4.99 Å². The molecule has 1 heterocycles. The number of amides is 1. The van der Waals surface area contributed by atoms with E-state index in [-0.39, 0.29) is 29.9 Å². The number of likely N-dealkylation sites (N-methyl/N-ethyl adjacent to an activating group) is 2. The second-order valence-electron chi connectivity index (χ2n) is 5.93. The quantitative estimate of drug-likeness (QED) is 0.210. The molecule has 0 unspecified atom stereocenters. The molecule has 7 nitrogen and oxygen atoms in total. The molecule has 27 heavy (non-hydrogen) atoms. The fourth-order valence-electron chi connectivity index (χ4n) is 2.51. The van der Waals surface area contributed by atoms with E-state index in [0.29, 0.717) is 26.2 Å². The van der Waals surface area contributed by atoms with Gasteiger partial charge in [-0.3, -0.25) is 9.79 Å². The molecule has 156 valence electrons. The van der Waals surface area contributed by atoms with Crippen molar-refractivity contribution in [3.8, 4) is 0 Å². The summed E-state index contributed by atoms with van der Waals surface area (Å²) in [5, 5.41) is 3.33. The minimum Gasteiger partial charge on any atom is -0.469 e. The average molecular weight is 494 g/mol. The van der Waals surface area contributed by atoms with Gasteiger partial charge in [-0.15, -0.1) is 24.0 Å². The number of halogens is 1. The minimum absolute atomic E-state index is 0. The van der Waals surface area contributed by atoms with Crippen LogP contribution in [0.15, 0.2) is 27.8 Å². The van der Waals surface area contributed by atoms with Crippen molar-refractivity contribution in [1.82, 2.24) is 15.1 Å². The Morgan fingerprint density at radius 2 is 2.04 bits per heavy atom. The Labute approximate surface area is 180 Å². The molecule has 0 aliphatic rings. The molecule has 0 spiro atoms. The molecule has 0 radical (unpaired) electrons. The lowest BCUT2D eigenvalue weighted by Gasteiger charge is -2.26. The average Bonchev–Trinajstić information content (AvgIpc) is 3.14. The molecule has 0 saturated carbocycles. The number of rotatable bonds is 12. The monoisotopic (exact) mass is 494 g/mol. The smallest absolute Gasteiger partial charge is 0.242 e. The van der Waals surface area contributed by atoms with Crippen LogP contribution in [0, 0.1) is 0 Å². The maximum absolute atomic E-state index is 12.4. The number of furan rings is 1. The van der Waals surface area contributed by atoms with Gasteiger partial charge in [0.15, 0.2) is 5.96 Å². The van der Waals surface area contributed by atoms with Crippen LogP contribution in [0.25, 0.3) is 0 Å². The van der Waals surface area contributed by atoms with E-state index in [2.05, 4.69) is 10.3 Å². The van der Waals surface area contributed by atoms with Crippen LogP contribution >= 0.6 is 24.0 Å². The molecule has 0 saturated heterocycles. The number of guanidine groups is 1. The molecule has 1 rings (SSSR count). The van der Waals surface area contributed by atoms with Gasteiger partial charge < -0.3 is 24.3 Å². The highest BCUT2D eigenvalue weighted by Crippen LogP contribution is 2.00. The molecule has 0 aromatic carbocycles. The maximum Gasteiger partial charge on any atom is 0.242 e. The Morgan fingerprint density at radius 1 is 1.30 bits per heavy atom. The van der Waals surface area contributed by atoms with Crippen LogP contribution in [0.3, 0.4) is 0 Å². The first-order valence-corrected chi connectivity index (χ1v) is 9.49. The lowest BCUT2D eigenvalue weighted by molar-refractivity contribution is -0.131. The van der Waals surface area contributed by atoms with Gasteiger partial charge in [0.05, 0.1) is 12.8 Å². The highest BCUT2D eigenvalue weighted by Gasteiger charge is 2.15. The van der Waals surface area contributed by atoms with Crippen LogP contribution in [-0.2, 0) is 16.0 Å². The second kappa shape index (κ2) is 15.7. The number of hydrogen-bond donors (Lipinski definition) is 1. The van der Waals surface area contributed by atoms with Gasteiger partial charge in [0.2, 0.25) is 5.91 Å². The van der Waals surface area contributed by atoms with E-state index in [9.17, 15) is 4.79 Å². The van der Waals surface area contributed by atoms with Gasteiger partial charge in [-0.1, -0.05) is 0 Å². The molecular formula is C19H35IN4O3. The van der Waals surface area contributed by atoms with Crippen LogP contribution in [0.4, 0.5) is 0 Å². The lowest BCUT2D eigenvalue weighted by atomic mass is 10.3. The van der Waals surface area contributed by atoms with Crippen LogP contribution < -0.4 is 5.32 Å². The number of aliphatic imine (C=N–C) groups is 1. The molecule has 0 atom stereocenters. The Hall–Kier alpha value is -1.29. The first-order chi connectivity index (χ1) is 12.6. The molecule has 0 bridgehead atoms. The summed E-state index contributed by atoms with van der Waals surface area (Å²) in [4.78, 5) is 20.7. The van der Waals surface area contributed by atoms with Crippen molar-refractivity contribution in [3.63, 3.8) is 0 Å². The predicted octanol–water partition coefficient (Wildman–Crippen LogP) is 2.61. The number of nitrogens with zero attached hydrogens (tertiary/aromatic N) is 3. The Balaban J connectivity index is 0.00000676. The van der Waals surface area contributed by atoms with Crippen LogP contribution in [0.2, 0.25) is 0 Å². The van der Waals surface area contributed by atoms with E-state index in [0.717, 1.165) is 44.3 Å². The molecule has 8 heteroatoms. The predicted molar refractivity (Wildman–Crippen MR) is 120 cm³/mol. The molecule has 0 aliphatic heterocycles. The van der Waals surface area contributed by atoms with Crippen molar-refractivity contribution in [1.29, 1.82) is 0 Å². The zero-order valence-corrected chi connectivity index (χ0v) is 19.4. The third kappa shape index (κ3) is 10.6. The highest BCUT2D eigenvalue weighted by atomic mass is 127. The van der Waals surface area contributed by atoms with E-state index in [1.807, 2.05) is 49.8 Å². The molecule has 1 aromatic rings. The molecule has 0 fully saturated rings. The summed E-state index contributed by atoms with van der Waals surface area (Å²) in [5.74, 6) is 1.76. The van der Waals surface area contributed by atoms with Crippen molar-refractivity contribution in [3.05, 3.63) is 24.2 Å². The Bertz CT molecular complexity index is 519. The summed E-state index contributed by atoms with van der Waals surface area (Å²) in [5.41, 5.74) is 0. The number of carbonyl (C=O) groups is 1. The summed E-state index contributed by atoms with van der Waals surface area (Å²) in [6.07, 6.45) is 3.30. The van der Waals surface area contributed by atoms with E-state index >= 15 is 0 Å². The molecular weight excluding hydrogens is 459 g/mol. The zero-order valence-electron chi connectivity index (χ0n) is 17.1. The minimum atomic E-state index is 0. The topological polar surface area (TPSA) is 70.3 Å². The first kappa shape index (κ1) is 25.7. The van der Waals surface area contributed by atoms with Gasteiger partial charge in [-0.2, -0.15) is 0 Å². The van der Waals surface area contributed by atoms with E-state index in [1.165, 1.54) is 0 Å². The Kier molecular flexibility index (Phi) is 15.0. The molecule has 1 aromatic heterocycles. The summed E-state index contributed by atoms with van der Waals surface area (Å²) in [6.45, 7) is 10.5. The molecule has 0 aliphatic carbocycles. The third-order valence-electron chi connectivity index (χ3n) is 4.00. The Morgan fingerprint density at radius 3 is 2.63 bits per heavy atom. The van der Waals surface area contributed by atoms with Gasteiger partial charge in [0, 0.05) is 52.9 Å². The highest BCUT2D eigenvalue weighted by molar-refractivity contribution is 14.0. The van der Waals surface area contributed by atoms with E-state index in [1.54, 1.807) is 6.26 Å². The summed E-state index contributed by atoms with van der Waals surface area (Å²) in [7, 11) is 1.89. The van der Waals surface area contributed by atoms with E-state index in [4.69, 9.17) is 9.15 Å². The zero-order chi connectivity index (χ0) is 19.2. The molecule has 1 N–H and O–H groups in total. The number of carbonyl (C=O) groups excluding carboxylic acids is 1. The fourth-order valence-corrected chi connectivity index (χ4v) is 2.51. The van der Waals surface area contributed by atoms with Crippen molar-refractivity contribution in [2.45, 2.75) is 33.6 Å². The van der Waals surface area contributed by atoms with Gasteiger partial charge >= 0.3 is 0 Å². The van der Waals surface area contributed by atoms with Crippen molar-refractivity contribution < 1.29 is 13.9 Å². The van der Waals surface area contributed by atoms with Crippen LogP contribution in [0.1, 0.15) is 33.0 Å². The fraction of sp³-hybridized carbons (Fsp3) is 0.684. The standard InChI is InChI=1S/C19H34N4O3.HI/c1-5-23(6-2)18(24)16-22(4)19(20-12-9-14-25-7-3)21-13-11-17-10-8-15-26-17;/h8,10,15H,5-7,9,11-14,16H2,1-4H3,(H,20,21);1H. The largest absolute Gasteiger partial charge is 0.469 e. The number of hydrogen-bond acceptors (Lipinski definition) is 4. The lowest BCUT2D eigenvalue weighted by Crippen LogP contribution is -2.46. The molecule has 1 amide bonds. The van der Waals surface area contributed by atoms with Crippen LogP contribution in [-0.4, -0.2) is 74.7 Å². The van der Waals surface area contributed by atoms with Crippen LogP contribution in [0.5, 0.6) is 0 Å². The van der Waals surface area contributed by atoms with Gasteiger partial charge in [0.1, 0.15) is 5.76 Å². The van der Waals surface area contributed by atoms with Gasteiger partial charge in [0.25, 0.3) is 0 Å². The van der Waals surface area contributed by atoms with Gasteiger partial charge in [-0.25, -0.2) is 0 Å². The van der Waals surface area contributed by atoms with Crippen molar-refractivity contribution >= 4 is 35.8 Å². The second-order valence-corrected chi connectivity index (χ2v) is 5.93. The van der Waals surface area contributed by atoms with E-state index < -0.39 is 0 Å².